The zero-order valence-electron chi connectivity index (χ0n) is 15.5. The maximum Gasteiger partial charge on any atom is 0.248 e. The predicted octanol–water partition coefficient (Wildman–Crippen LogP) is 5.35. The number of hydrogen-bond donors (Lipinski definition) is 1. The number of rotatable bonds is 8. The van der Waals surface area contributed by atoms with Crippen molar-refractivity contribution in [3.05, 3.63) is 58.6 Å². The second-order valence-electron chi connectivity index (χ2n) is 5.66. The zero-order valence-corrected chi connectivity index (χ0v) is 17.0. The molecule has 0 aliphatic heterocycles. The molecule has 0 saturated carbocycles. The van der Waals surface area contributed by atoms with Gasteiger partial charge in [-0.1, -0.05) is 15.9 Å². The number of anilines is 2. The molecule has 0 aliphatic rings. The van der Waals surface area contributed by atoms with E-state index < -0.39 is 0 Å². The van der Waals surface area contributed by atoms with E-state index in [2.05, 4.69) is 40.0 Å². The van der Waals surface area contributed by atoms with Crippen molar-refractivity contribution in [2.75, 3.05) is 29.9 Å². The molecule has 2 aromatic rings. The molecule has 0 unspecified atom stereocenters. The van der Waals surface area contributed by atoms with Crippen molar-refractivity contribution in [3.63, 3.8) is 0 Å². The Morgan fingerprint density at radius 3 is 2.42 bits per heavy atom. The number of amides is 1. The van der Waals surface area contributed by atoms with E-state index in [4.69, 9.17) is 4.74 Å². The van der Waals surface area contributed by atoms with E-state index in [9.17, 15) is 4.79 Å². The number of halogens is 1. The van der Waals surface area contributed by atoms with Crippen LogP contribution in [0.3, 0.4) is 0 Å². The molecule has 1 N–H and O–H groups in total. The fraction of sp³-hybridized carbons (Fsp3) is 0.286. The third-order valence-corrected chi connectivity index (χ3v) is 4.44. The van der Waals surface area contributed by atoms with Crippen LogP contribution in [0.25, 0.3) is 6.08 Å². The highest BCUT2D eigenvalue weighted by molar-refractivity contribution is 9.10. The van der Waals surface area contributed by atoms with Crippen molar-refractivity contribution in [2.24, 2.45) is 0 Å². The molecule has 0 bridgehead atoms. The predicted molar refractivity (Wildman–Crippen MR) is 113 cm³/mol. The molecule has 138 valence electrons. The van der Waals surface area contributed by atoms with Gasteiger partial charge in [-0.15, -0.1) is 0 Å². The summed E-state index contributed by atoms with van der Waals surface area (Å²) in [7, 11) is 0. The number of ether oxygens (including phenoxy) is 1. The average Bonchev–Trinajstić information content (AvgIpc) is 2.64. The van der Waals surface area contributed by atoms with Crippen LogP contribution in [0, 0.1) is 0 Å². The normalized spacial score (nSPS) is 10.8. The molecule has 26 heavy (non-hydrogen) atoms. The van der Waals surface area contributed by atoms with Crippen LogP contribution in [-0.4, -0.2) is 25.6 Å². The van der Waals surface area contributed by atoms with Crippen molar-refractivity contribution in [3.8, 4) is 5.75 Å². The van der Waals surface area contributed by atoms with Gasteiger partial charge < -0.3 is 15.0 Å². The van der Waals surface area contributed by atoms with Gasteiger partial charge in [-0.25, -0.2) is 0 Å². The molecule has 0 fully saturated rings. The van der Waals surface area contributed by atoms with Crippen molar-refractivity contribution < 1.29 is 9.53 Å². The van der Waals surface area contributed by atoms with E-state index in [0.29, 0.717) is 6.61 Å². The molecule has 0 aliphatic carbocycles. The van der Waals surface area contributed by atoms with Gasteiger partial charge in [0, 0.05) is 40.6 Å². The van der Waals surface area contributed by atoms with E-state index in [0.717, 1.165) is 40.2 Å². The first-order chi connectivity index (χ1) is 12.6. The van der Waals surface area contributed by atoms with Gasteiger partial charge in [0.1, 0.15) is 5.75 Å². The number of benzene rings is 2. The summed E-state index contributed by atoms with van der Waals surface area (Å²) in [6.45, 7) is 8.68. The number of nitrogens with zero attached hydrogens (tertiary/aromatic N) is 1. The van der Waals surface area contributed by atoms with Gasteiger partial charge >= 0.3 is 0 Å². The van der Waals surface area contributed by atoms with Gasteiger partial charge in [0.05, 0.1) is 6.61 Å². The molecule has 0 aromatic heterocycles. The molecule has 4 nitrogen and oxygen atoms in total. The summed E-state index contributed by atoms with van der Waals surface area (Å²) in [5, 5.41) is 2.88. The molecule has 2 aromatic carbocycles. The third-order valence-electron chi connectivity index (χ3n) is 3.95. The fourth-order valence-corrected chi connectivity index (χ4v) is 3.01. The summed E-state index contributed by atoms with van der Waals surface area (Å²) in [5.74, 6) is 0.575. The molecule has 0 saturated heterocycles. The van der Waals surface area contributed by atoms with Gasteiger partial charge in [0.25, 0.3) is 0 Å². The highest BCUT2D eigenvalue weighted by Gasteiger charge is 2.04. The SMILES string of the molecule is CCOc1ccc(Br)cc1/C=C/C(=O)Nc1ccc(N(CC)CC)cc1. The second-order valence-corrected chi connectivity index (χ2v) is 6.57. The lowest BCUT2D eigenvalue weighted by Gasteiger charge is -2.21. The largest absolute Gasteiger partial charge is 0.493 e. The Bertz CT molecular complexity index is 753. The van der Waals surface area contributed by atoms with E-state index in [1.165, 1.54) is 6.08 Å². The summed E-state index contributed by atoms with van der Waals surface area (Å²) >= 11 is 3.44. The summed E-state index contributed by atoms with van der Waals surface area (Å²) in [6.07, 6.45) is 3.28. The van der Waals surface area contributed by atoms with Gasteiger partial charge in [0.2, 0.25) is 5.91 Å². The first kappa shape index (κ1) is 20.0. The van der Waals surface area contributed by atoms with E-state index in [-0.39, 0.29) is 5.91 Å². The van der Waals surface area contributed by atoms with E-state index in [1.54, 1.807) is 6.08 Å². The van der Waals surface area contributed by atoms with Gasteiger partial charge in [-0.2, -0.15) is 0 Å². The molecule has 0 heterocycles. The van der Waals surface area contributed by atoms with Crippen LogP contribution >= 0.6 is 15.9 Å². The monoisotopic (exact) mass is 416 g/mol. The van der Waals surface area contributed by atoms with Gasteiger partial charge in [-0.3, -0.25) is 4.79 Å². The molecule has 0 spiro atoms. The number of carbonyl (C=O) groups is 1. The van der Waals surface area contributed by atoms with Crippen LogP contribution in [-0.2, 0) is 4.79 Å². The Morgan fingerprint density at radius 2 is 1.81 bits per heavy atom. The molecule has 1 amide bonds. The van der Waals surface area contributed by atoms with Crippen molar-refractivity contribution >= 4 is 39.3 Å². The molecule has 0 atom stereocenters. The van der Waals surface area contributed by atoms with Crippen LogP contribution in [0.15, 0.2) is 53.0 Å². The minimum atomic E-state index is -0.178. The van der Waals surface area contributed by atoms with Crippen LogP contribution in [0.5, 0.6) is 5.75 Å². The fourth-order valence-electron chi connectivity index (χ4n) is 2.63. The maximum absolute atomic E-state index is 12.2. The first-order valence-electron chi connectivity index (χ1n) is 8.83. The molecular formula is C21H25BrN2O2. The van der Waals surface area contributed by atoms with Crippen molar-refractivity contribution in [1.29, 1.82) is 0 Å². The number of carbonyl (C=O) groups excluding carboxylic acids is 1. The Labute approximate surface area is 164 Å². The Hall–Kier alpha value is -2.27. The smallest absolute Gasteiger partial charge is 0.248 e. The summed E-state index contributed by atoms with van der Waals surface area (Å²) in [4.78, 5) is 14.5. The summed E-state index contributed by atoms with van der Waals surface area (Å²) in [5.41, 5.74) is 2.78. The molecule has 5 heteroatoms. The standard InChI is InChI=1S/C21H25BrN2O2/c1-4-24(5-2)19-11-9-18(10-12-19)23-21(25)14-7-16-15-17(22)8-13-20(16)26-6-3/h7-15H,4-6H2,1-3H3,(H,23,25)/b14-7+. The minimum Gasteiger partial charge on any atom is -0.493 e. The summed E-state index contributed by atoms with van der Waals surface area (Å²) in [6, 6.07) is 13.6. The topological polar surface area (TPSA) is 41.6 Å². The Kier molecular flexibility index (Phi) is 7.73. The maximum atomic E-state index is 12.2. The van der Waals surface area contributed by atoms with Crippen LogP contribution in [0.1, 0.15) is 26.3 Å². The lowest BCUT2D eigenvalue weighted by molar-refractivity contribution is -0.111. The molecule has 0 radical (unpaired) electrons. The highest BCUT2D eigenvalue weighted by atomic mass is 79.9. The Balaban J connectivity index is 2.04. The zero-order chi connectivity index (χ0) is 18.9. The van der Waals surface area contributed by atoms with Gasteiger partial charge in [0.15, 0.2) is 0 Å². The quantitative estimate of drug-likeness (QED) is 0.589. The lowest BCUT2D eigenvalue weighted by Crippen LogP contribution is -2.21. The number of nitrogens with one attached hydrogen (secondary N) is 1. The molecular weight excluding hydrogens is 392 g/mol. The van der Waals surface area contributed by atoms with Crippen LogP contribution in [0.2, 0.25) is 0 Å². The minimum absolute atomic E-state index is 0.178. The average molecular weight is 417 g/mol. The van der Waals surface area contributed by atoms with Gasteiger partial charge in [-0.05, 0) is 69.3 Å². The second kappa shape index (κ2) is 10.0. The molecule has 2 rings (SSSR count). The first-order valence-corrected chi connectivity index (χ1v) is 9.63. The van der Waals surface area contributed by atoms with E-state index in [1.807, 2.05) is 49.4 Å². The lowest BCUT2D eigenvalue weighted by atomic mass is 10.2. The van der Waals surface area contributed by atoms with Crippen LogP contribution in [0.4, 0.5) is 11.4 Å². The Morgan fingerprint density at radius 1 is 1.12 bits per heavy atom. The van der Waals surface area contributed by atoms with Crippen LogP contribution < -0.4 is 15.0 Å². The van der Waals surface area contributed by atoms with E-state index >= 15 is 0 Å². The number of hydrogen-bond acceptors (Lipinski definition) is 3. The third kappa shape index (κ3) is 5.63. The highest BCUT2D eigenvalue weighted by Crippen LogP contribution is 2.24. The van der Waals surface area contributed by atoms with Crippen molar-refractivity contribution in [1.82, 2.24) is 0 Å². The summed E-state index contributed by atoms with van der Waals surface area (Å²) < 4.78 is 6.53. The van der Waals surface area contributed by atoms with Crippen molar-refractivity contribution in [2.45, 2.75) is 20.8 Å².